The van der Waals surface area contributed by atoms with Crippen LogP contribution in [0.5, 0.6) is 0 Å². The van der Waals surface area contributed by atoms with E-state index in [9.17, 15) is 4.79 Å². The number of aromatic amines is 2. The normalized spacial score (nSPS) is 11.2. The van der Waals surface area contributed by atoms with Gasteiger partial charge in [0.05, 0.1) is 22.7 Å². The predicted octanol–water partition coefficient (Wildman–Crippen LogP) is 0.198. The van der Waals surface area contributed by atoms with Gasteiger partial charge in [0.15, 0.2) is 0 Å². The molecular formula is C10H6BN3O. The fraction of sp³-hybridized carbons (Fsp3) is 0. The molecule has 2 aromatic heterocycles. The van der Waals surface area contributed by atoms with E-state index in [1.165, 1.54) is 0 Å². The summed E-state index contributed by atoms with van der Waals surface area (Å²) >= 11 is 0. The lowest BCUT2D eigenvalue weighted by Gasteiger charge is -1.99. The van der Waals surface area contributed by atoms with Crippen molar-refractivity contribution in [2.45, 2.75) is 0 Å². The maximum absolute atomic E-state index is 11.1. The Hall–Kier alpha value is -2.04. The number of nitrogens with zero attached hydrogens (tertiary/aromatic N) is 1. The Morgan fingerprint density at radius 2 is 2.13 bits per heavy atom. The molecule has 0 fully saturated rings. The van der Waals surface area contributed by atoms with Gasteiger partial charge in [-0.2, -0.15) is 0 Å². The summed E-state index contributed by atoms with van der Waals surface area (Å²) in [5, 5.41) is 0.853. The summed E-state index contributed by atoms with van der Waals surface area (Å²) in [7, 11) is 5.69. The number of hydrogen-bond acceptors (Lipinski definition) is 2. The SMILES string of the molecule is [B]c1ccc2ncc3[nH]c(=O)[nH]c3c2c1. The van der Waals surface area contributed by atoms with E-state index < -0.39 is 0 Å². The monoisotopic (exact) mass is 195 g/mol. The van der Waals surface area contributed by atoms with Crippen molar-refractivity contribution in [3.05, 3.63) is 34.9 Å². The van der Waals surface area contributed by atoms with E-state index in [4.69, 9.17) is 7.85 Å². The zero-order valence-electron chi connectivity index (χ0n) is 7.74. The number of imidazole rings is 1. The minimum atomic E-state index is -0.235. The van der Waals surface area contributed by atoms with Crippen molar-refractivity contribution in [1.82, 2.24) is 15.0 Å². The van der Waals surface area contributed by atoms with Crippen LogP contribution in [-0.2, 0) is 0 Å². The van der Waals surface area contributed by atoms with Gasteiger partial charge in [0.2, 0.25) is 0 Å². The first-order valence-electron chi connectivity index (χ1n) is 4.50. The Bertz CT molecular complexity index is 713. The first-order chi connectivity index (χ1) is 7.24. The third kappa shape index (κ3) is 1.16. The van der Waals surface area contributed by atoms with Gasteiger partial charge in [-0.1, -0.05) is 17.6 Å². The molecule has 70 valence electrons. The molecule has 0 bridgehead atoms. The van der Waals surface area contributed by atoms with Crippen LogP contribution in [0.4, 0.5) is 0 Å². The average molecular weight is 195 g/mol. The van der Waals surface area contributed by atoms with Crippen LogP contribution >= 0.6 is 0 Å². The maximum atomic E-state index is 11.1. The molecule has 0 atom stereocenters. The van der Waals surface area contributed by atoms with E-state index in [1.54, 1.807) is 18.3 Å². The lowest BCUT2D eigenvalue weighted by atomic mass is 9.94. The highest BCUT2D eigenvalue weighted by Gasteiger charge is 2.04. The Labute approximate surface area is 85.8 Å². The van der Waals surface area contributed by atoms with E-state index in [0.717, 1.165) is 16.4 Å². The zero-order valence-corrected chi connectivity index (χ0v) is 7.74. The molecule has 2 radical (unpaired) electrons. The van der Waals surface area contributed by atoms with Crippen LogP contribution in [0.15, 0.2) is 29.2 Å². The molecule has 2 heterocycles. The van der Waals surface area contributed by atoms with Gasteiger partial charge in [-0.3, -0.25) is 4.98 Å². The van der Waals surface area contributed by atoms with Gasteiger partial charge in [-0.25, -0.2) is 4.79 Å². The Morgan fingerprint density at radius 1 is 1.27 bits per heavy atom. The Balaban J connectivity index is 2.62. The van der Waals surface area contributed by atoms with Gasteiger partial charge in [0.25, 0.3) is 0 Å². The second-order valence-electron chi connectivity index (χ2n) is 3.40. The van der Waals surface area contributed by atoms with Gasteiger partial charge in [-0.05, 0) is 6.07 Å². The third-order valence-corrected chi connectivity index (χ3v) is 2.38. The number of pyridine rings is 1. The highest BCUT2D eigenvalue weighted by molar-refractivity contribution is 6.33. The summed E-state index contributed by atoms with van der Waals surface area (Å²) in [5.74, 6) is 0. The van der Waals surface area contributed by atoms with E-state index in [-0.39, 0.29) is 5.69 Å². The largest absolute Gasteiger partial charge is 0.323 e. The number of H-pyrrole nitrogens is 2. The molecule has 3 aromatic rings. The minimum absolute atomic E-state index is 0.235. The van der Waals surface area contributed by atoms with Gasteiger partial charge >= 0.3 is 5.69 Å². The van der Waals surface area contributed by atoms with Crippen LogP contribution in [0.1, 0.15) is 0 Å². The number of rotatable bonds is 0. The first-order valence-corrected chi connectivity index (χ1v) is 4.50. The van der Waals surface area contributed by atoms with Crippen LogP contribution < -0.4 is 11.2 Å². The molecule has 0 spiro atoms. The molecular weight excluding hydrogens is 189 g/mol. The summed E-state index contributed by atoms with van der Waals surface area (Å²) in [6, 6.07) is 5.41. The average Bonchev–Trinajstić information content (AvgIpc) is 2.58. The number of hydrogen-bond donors (Lipinski definition) is 2. The lowest BCUT2D eigenvalue weighted by Crippen LogP contribution is -2.01. The highest BCUT2D eigenvalue weighted by Crippen LogP contribution is 2.17. The Kier molecular flexibility index (Phi) is 1.51. The molecule has 0 saturated heterocycles. The van der Waals surface area contributed by atoms with Crippen molar-refractivity contribution < 1.29 is 0 Å². The van der Waals surface area contributed by atoms with Crippen molar-refractivity contribution in [3.8, 4) is 0 Å². The van der Waals surface area contributed by atoms with Gasteiger partial charge in [0.1, 0.15) is 7.85 Å². The first kappa shape index (κ1) is 8.29. The lowest BCUT2D eigenvalue weighted by molar-refractivity contribution is 1.21. The van der Waals surface area contributed by atoms with Crippen molar-refractivity contribution in [2.75, 3.05) is 0 Å². The molecule has 0 amide bonds. The van der Waals surface area contributed by atoms with Crippen LogP contribution in [0.2, 0.25) is 0 Å². The van der Waals surface area contributed by atoms with Gasteiger partial charge in [0, 0.05) is 5.39 Å². The van der Waals surface area contributed by atoms with E-state index in [1.807, 2.05) is 6.07 Å². The molecule has 0 unspecified atom stereocenters. The second kappa shape index (κ2) is 2.73. The molecule has 0 aliphatic rings. The minimum Gasteiger partial charge on any atom is -0.305 e. The standard InChI is InChI=1S/C10H6BN3O/c11-5-1-2-7-6(3-5)9-8(4-12-7)13-10(15)14-9/h1-4H,(H2,13,14,15). The number of fused-ring (bicyclic) bond motifs is 3. The van der Waals surface area contributed by atoms with Crippen LogP contribution in [0.3, 0.4) is 0 Å². The van der Waals surface area contributed by atoms with E-state index in [0.29, 0.717) is 11.0 Å². The zero-order chi connectivity index (χ0) is 10.4. The van der Waals surface area contributed by atoms with Crippen LogP contribution in [-0.4, -0.2) is 22.8 Å². The topological polar surface area (TPSA) is 61.5 Å². The summed E-state index contributed by atoms with van der Waals surface area (Å²) in [6.07, 6.45) is 1.63. The molecule has 15 heavy (non-hydrogen) atoms. The maximum Gasteiger partial charge on any atom is 0.323 e. The third-order valence-electron chi connectivity index (χ3n) is 2.38. The summed E-state index contributed by atoms with van der Waals surface area (Å²) < 4.78 is 0. The molecule has 3 rings (SSSR count). The Morgan fingerprint density at radius 3 is 3.00 bits per heavy atom. The molecule has 2 N–H and O–H groups in total. The highest BCUT2D eigenvalue weighted by atomic mass is 16.1. The van der Waals surface area contributed by atoms with Crippen molar-refractivity contribution in [3.63, 3.8) is 0 Å². The number of aromatic nitrogens is 3. The van der Waals surface area contributed by atoms with Gasteiger partial charge in [-0.15, -0.1) is 0 Å². The van der Waals surface area contributed by atoms with Crippen LogP contribution in [0.25, 0.3) is 21.9 Å². The molecule has 5 heteroatoms. The molecule has 4 nitrogen and oxygen atoms in total. The van der Waals surface area contributed by atoms with Gasteiger partial charge < -0.3 is 9.97 Å². The molecule has 0 aliphatic heterocycles. The number of nitrogens with one attached hydrogen (secondary N) is 2. The van der Waals surface area contributed by atoms with Crippen molar-refractivity contribution in [1.29, 1.82) is 0 Å². The molecule has 0 aliphatic carbocycles. The molecule has 0 saturated carbocycles. The molecule has 1 aromatic carbocycles. The van der Waals surface area contributed by atoms with E-state index in [2.05, 4.69) is 15.0 Å². The smallest absolute Gasteiger partial charge is 0.305 e. The number of benzene rings is 1. The summed E-state index contributed by atoms with van der Waals surface area (Å²) in [4.78, 5) is 20.7. The predicted molar refractivity (Wildman–Crippen MR) is 59.6 cm³/mol. The fourth-order valence-electron chi connectivity index (χ4n) is 1.71. The quantitative estimate of drug-likeness (QED) is 0.503. The second-order valence-corrected chi connectivity index (χ2v) is 3.40. The van der Waals surface area contributed by atoms with Crippen molar-refractivity contribution in [2.24, 2.45) is 0 Å². The summed E-state index contributed by atoms with van der Waals surface area (Å²) in [6.45, 7) is 0. The van der Waals surface area contributed by atoms with E-state index >= 15 is 0 Å². The van der Waals surface area contributed by atoms with Crippen molar-refractivity contribution >= 4 is 35.2 Å². The van der Waals surface area contributed by atoms with Crippen LogP contribution in [0, 0.1) is 0 Å². The fourth-order valence-corrected chi connectivity index (χ4v) is 1.71. The summed E-state index contributed by atoms with van der Waals surface area (Å²) in [5.41, 5.74) is 2.67.